The van der Waals surface area contributed by atoms with Crippen LogP contribution >= 0.6 is 0 Å². The third-order valence-corrected chi connectivity index (χ3v) is 9.57. The van der Waals surface area contributed by atoms with E-state index in [0.29, 0.717) is 30.9 Å². The molecule has 1 amide bonds. The fraction of sp³-hybridized carbons (Fsp3) is 0.429. The van der Waals surface area contributed by atoms with Gasteiger partial charge < -0.3 is 29.2 Å². The van der Waals surface area contributed by atoms with Crippen LogP contribution in [0.4, 0.5) is 10.5 Å². The molecular formula is C42H52N4O5. The van der Waals surface area contributed by atoms with Crippen molar-refractivity contribution in [2.45, 2.75) is 71.3 Å². The summed E-state index contributed by atoms with van der Waals surface area (Å²) in [6.45, 7) is 11.5. The molecule has 9 nitrogen and oxygen atoms in total. The van der Waals surface area contributed by atoms with Crippen LogP contribution < -0.4 is 24.4 Å². The summed E-state index contributed by atoms with van der Waals surface area (Å²) in [5, 5.41) is 3.07. The highest BCUT2D eigenvalue weighted by Crippen LogP contribution is 2.38. The number of anilines is 1. The van der Waals surface area contributed by atoms with Gasteiger partial charge in [0.05, 0.1) is 12.8 Å². The third-order valence-electron chi connectivity index (χ3n) is 9.57. The monoisotopic (exact) mass is 692 g/mol. The second kappa shape index (κ2) is 17.0. The van der Waals surface area contributed by atoms with E-state index in [2.05, 4.69) is 33.3 Å². The van der Waals surface area contributed by atoms with Crippen LogP contribution in [-0.4, -0.2) is 67.5 Å². The Morgan fingerprint density at radius 3 is 2.08 bits per heavy atom. The number of nitrogens with zero attached hydrogens (tertiary/aromatic N) is 3. The molecule has 0 spiro atoms. The molecule has 0 atom stereocenters. The molecule has 9 heteroatoms. The van der Waals surface area contributed by atoms with Crippen molar-refractivity contribution in [3.05, 3.63) is 102 Å². The molecule has 51 heavy (non-hydrogen) atoms. The van der Waals surface area contributed by atoms with Crippen molar-refractivity contribution in [1.82, 2.24) is 15.2 Å². The minimum atomic E-state index is -0.473. The summed E-state index contributed by atoms with van der Waals surface area (Å²) in [6.07, 6.45) is 3.96. The van der Waals surface area contributed by atoms with E-state index in [1.165, 1.54) is 0 Å². The van der Waals surface area contributed by atoms with E-state index in [1.54, 1.807) is 7.11 Å². The number of nitrogens with one attached hydrogen (secondary N) is 1. The van der Waals surface area contributed by atoms with Crippen LogP contribution in [0.2, 0.25) is 0 Å². The maximum absolute atomic E-state index is 12.2. The third kappa shape index (κ3) is 10.4. The standard InChI is InChI=1S/C42H52N4O5/c1-42(2,3)51-41(47)43-35-18-15-31(16-19-35)28-45-23-25-46(26-24-45)37-21-17-34(27-38(37)48-4)36-20-22-39(49-29-32-11-7-5-8-12-32)44-40(36)50-30-33-13-9-6-10-14-33/h5-14,17,20-22,27,31,35H,15-16,18-19,23-26,28-30H2,1-4H3,(H,43,47). The molecule has 3 aromatic carbocycles. The number of alkyl carbamates (subject to hydrolysis) is 1. The lowest BCUT2D eigenvalue weighted by molar-refractivity contribution is 0.0483. The zero-order chi connectivity index (χ0) is 35.6. The molecule has 0 unspecified atom stereocenters. The molecule has 1 saturated heterocycles. The number of carbonyl (C=O) groups excluding carboxylic acids is 1. The lowest BCUT2D eigenvalue weighted by Crippen LogP contribution is -2.48. The number of ether oxygens (including phenoxy) is 4. The second-order valence-electron chi connectivity index (χ2n) is 14.6. The number of hydrogen-bond acceptors (Lipinski definition) is 8. The van der Waals surface area contributed by atoms with Crippen LogP contribution in [0.3, 0.4) is 0 Å². The van der Waals surface area contributed by atoms with Gasteiger partial charge in [0.1, 0.15) is 24.6 Å². The van der Waals surface area contributed by atoms with Gasteiger partial charge >= 0.3 is 6.09 Å². The van der Waals surface area contributed by atoms with E-state index in [-0.39, 0.29) is 12.1 Å². The van der Waals surface area contributed by atoms with Gasteiger partial charge in [0.15, 0.2) is 0 Å². The first-order chi connectivity index (χ1) is 24.7. The molecule has 2 heterocycles. The smallest absolute Gasteiger partial charge is 0.407 e. The molecule has 2 fully saturated rings. The maximum atomic E-state index is 12.2. The quantitative estimate of drug-likeness (QED) is 0.159. The van der Waals surface area contributed by atoms with E-state index in [9.17, 15) is 4.79 Å². The molecule has 0 radical (unpaired) electrons. The van der Waals surface area contributed by atoms with Crippen LogP contribution in [0.25, 0.3) is 11.1 Å². The largest absolute Gasteiger partial charge is 0.495 e. The molecule has 0 bridgehead atoms. The van der Waals surface area contributed by atoms with Gasteiger partial charge in [-0.15, -0.1) is 0 Å². The molecule has 6 rings (SSSR count). The first-order valence-corrected chi connectivity index (χ1v) is 18.2. The summed E-state index contributed by atoms with van der Waals surface area (Å²) in [5.74, 6) is 2.51. The van der Waals surface area contributed by atoms with E-state index >= 15 is 0 Å². The fourth-order valence-corrected chi connectivity index (χ4v) is 6.90. The number of benzene rings is 3. The van der Waals surface area contributed by atoms with E-state index < -0.39 is 5.60 Å². The number of carbonyl (C=O) groups is 1. The lowest BCUT2D eigenvalue weighted by Gasteiger charge is -2.39. The Labute approximate surface area is 302 Å². The molecule has 1 N–H and O–H groups in total. The van der Waals surface area contributed by atoms with Crippen LogP contribution in [-0.2, 0) is 18.0 Å². The zero-order valence-corrected chi connectivity index (χ0v) is 30.5. The number of rotatable bonds is 12. The minimum Gasteiger partial charge on any atom is -0.495 e. The predicted molar refractivity (Wildman–Crippen MR) is 202 cm³/mol. The molecule has 2 aliphatic rings. The highest BCUT2D eigenvalue weighted by atomic mass is 16.6. The average Bonchev–Trinajstić information content (AvgIpc) is 3.14. The van der Waals surface area contributed by atoms with E-state index in [0.717, 1.165) is 92.1 Å². The average molecular weight is 693 g/mol. The van der Waals surface area contributed by atoms with Gasteiger partial charge in [0.2, 0.25) is 11.8 Å². The van der Waals surface area contributed by atoms with Gasteiger partial charge in [-0.05, 0) is 87.3 Å². The SMILES string of the molecule is COc1cc(-c2ccc(OCc3ccccc3)nc2OCc2ccccc2)ccc1N1CCN(CC2CCC(NC(=O)OC(C)(C)C)CC2)CC1. The lowest BCUT2D eigenvalue weighted by atomic mass is 9.85. The van der Waals surface area contributed by atoms with Crippen LogP contribution in [0.15, 0.2) is 91.0 Å². The number of methoxy groups -OCH3 is 1. The molecule has 1 aliphatic carbocycles. The molecule has 1 aliphatic heterocycles. The van der Waals surface area contributed by atoms with Crippen molar-refractivity contribution in [3.8, 4) is 28.6 Å². The van der Waals surface area contributed by atoms with Gasteiger partial charge in [-0.1, -0.05) is 66.7 Å². The summed E-state index contributed by atoms with van der Waals surface area (Å²) in [6, 6.07) is 30.7. The Morgan fingerprint density at radius 2 is 1.45 bits per heavy atom. The summed E-state index contributed by atoms with van der Waals surface area (Å²) in [4.78, 5) is 22.0. The maximum Gasteiger partial charge on any atom is 0.407 e. The van der Waals surface area contributed by atoms with Crippen LogP contribution in [0.1, 0.15) is 57.6 Å². The van der Waals surface area contributed by atoms with Crippen molar-refractivity contribution >= 4 is 11.8 Å². The summed E-state index contributed by atoms with van der Waals surface area (Å²) in [7, 11) is 1.73. The second-order valence-corrected chi connectivity index (χ2v) is 14.6. The topological polar surface area (TPSA) is 85.4 Å². The van der Waals surface area contributed by atoms with Gasteiger partial charge in [0.25, 0.3) is 0 Å². The van der Waals surface area contributed by atoms with Crippen molar-refractivity contribution in [3.63, 3.8) is 0 Å². The van der Waals surface area contributed by atoms with Crippen molar-refractivity contribution in [2.24, 2.45) is 5.92 Å². The van der Waals surface area contributed by atoms with E-state index in [1.807, 2.05) is 93.6 Å². The Hall–Kier alpha value is -4.76. The summed E-state index contributed by atoms with van der Waals surface area (Å²) >= 11 is 0. The highest BCUT2D eigenvalue weighted by molar-refractivity contribution is 5.75. The number of piperazine rings is 1. The molecule has 1 saturated carbocycles. The molecular weight excluding hydrogens is 640 g/mol. The summed E-state index contributed by atoms with van der Waals surface area (Å²) in [5.41, 5.74) is 4.61. The van der Waals surface area contributed by atoms with Crippen molar-refractivity contribution in [2.75, 3.05) is 44.7 Å². The molecule has 270 valence electrons. The van der Waals surface area contributed by atoms with Crippen molar-refractivity contribution in [1.29, 1.82) is 0 Å². The number of pyridine rings is 1. The van der Waals surface area contributed by atoms with Crippen LogP contribution in [0.5, 0.6) is 17.5 Å². The Morgan fingerprint density at radius 1 is 0.804 bits per heavy atom. The fourth-order valence-electron chi connectivity index (χ4n) is 6.90. The van der Waals surface area contributed by atoms with Crippen molar-refractivity contribution < 1.29 is 23.7 Å². The first-order valence-electron chi connectivity index (χ1n) is 18.2. The Bertz CT molecular complexity index is 1700. The molecule has 1 aromatic heterocycles. The Kier molecular flexibility index (Phi) is 12.0. The number of hydrogen-bond donors (Lipinski definition) is 1. The Balaban J connectivity index is 1.07. The minimum absolute atomic E-state index is 0.205. The number of aromatic nitrogens is 1. The first kappa shape index (κ1) is 36.0. The van der Waals surface area contributed by atoms with E-state index in [4.69, 9.17) is 23.9 Å². The predicted octanol–water partition coefficient (Wildman–Crippen LogP) is 8.12. The summed E-state index contributed by atoms with van der Waals surface area (Å²) < 4.78 is 23.8. The van der Waals surface area contributed by atoms with Gasteiger partial charge in [-0.2, -0.15) is 4.98 Å². The van der Waals surface area contributed by atoms with Gasteiger partial charge in [-0.3, -0.25) is 4.90 Å². The zero-order valence-electron chi connectivity index (χ0n) is 30.5. The van der Waals surface area contributed by atoms with Crippen LogP contribution in [0, 0.1) is 5.92 Å². The molecule has 4 aromatic rings. The normalized spacial score (nSPS) is 18.2. The van der Waals surface area contributed by atoms with Gasteiger partial charge in [-0.25, -0.2) is 4.79 Å². The highest BCUT2D eigenvalue weighted by Gasteiger charge is 2.28. The number of amides is 1. The van der Waals surface area contributed by atoms with Gasteiger partial charge in [0, 0.05) is 50.4 Å².